The zero-order valence-corrected chi connectivity index (χ0v) is 21.2. The third-order valence-corrected chi connectivity index (χ3v) is 9.44. The highest BCUT2D eigenvalue weighted by Crippen LogP contribution is 2.51. The van der Waals surface area contributed by atoms with Crippen LogP contribution in [-0.2, 0) is 0 Å². The van der Waals surface area contributed by atoms with Crippen molar-refractivity contribution in [3.8, 4) is 11.1 Å². The highest BCUT2D eigenvalue weighted by atomic mass is 15.1. The Morgan fingerprint density at radius 1 is 0.641 bits per heavy atom. The van der Waals surface area contributed by atoms with Crippen molar-refractivity contribution in [2.75, 3.05) is 4.90 Å². The molecule has 39 heavy (non-hydrogen) atoms. The molecule has 0 spiro atoms. The molecule has 10 rings (SSSR count). The highest BCUT2D eigenvalue weighted by Gasteiger charge is 2.42. The molecule has 0 saturated carbocycles. The second-order valence-electron chi connectivity index (χ2n) is 11.3. The first kappa shape index (κ1) is 20.2. The Bertz CT molecular complexity index is 2090. The van der Waals surface area contributed by atoms with Crippen molar-refractivity contribution in [3.05, 3.63) is 143 Å². The van der Waals surface area contributed by atoms with Crippen LogP contribution in [0.3, 0.4) is 0 Å². The zero-order valence-electron chi connectivity index (χ0n) is 21.2. The Kier molecular flexibility index (Phi) is 3.61. The van der Waals surface area contributed by atoms with E-state index < -0.39 is 0 Å². The van der Waals surface area contributed by atoms with Crippen molar-refractivity contribution in [2.45, 2.75) is 5.92 Å². The van der Waals surface area contributed by atoms with Gasteiger partial charge in [-0.05, 0) is 84.9 Å². The molecule has 0 N–H and O–H groups in total. The molecular formula is C37H22BN. The largest absolute Gasteiger partial charge is 0.311 e. The fourth-order valence-corrected chi connectivity index (χ4v) is 7.97. The molecule has 0 fully saturated rings. The van der Waals surface area contributed by atoms with Gasteiger partial charge in [-0.3, -0.25) is 0 Å². The van der Waals surface area contributed by atoms with Gasteiger partial charge in [0.2, 0.25) is 6.71 Å². The molecule has 3 aliphatic carbocycles. The third kappa shape index (κ3) is 2.43. The smallest absolute Gasteiger partial charge is 0.248 e. The number of benzene rings is 5. The van der Waals surface area contributed by atoms with E-state index in [0.717, 1.165) is 0 Å². The maximum absolute atomic E-state index is 2.51. The second-order valence-corrected chi connectivity index (χ2v) is 11.3. The van der Waals surface area contributed by atoms with Gasteiger partial charge in [0, 0.05) is 23.0 Å². The summed E-state index contributed by atoms with van der Waals surface area (Å²) in [6.07, 6.45) is 13.8. The van der Waals surface area contributed by atoms with Crippen LogP contribution >= 0.6 is 0 Å². The van der Waals surface area contributed by atoms with Gasteiger partial charge >= 0.3 is 0 Å². The average molecular weight is 491 g/mol. The Balaban J connectivity index is 1.27. The summed E-state index contributed by atoms with van der Waals surface area (Å²) in [4.78, 5) is 2.51. The van der Waals surface area contributed by atoms with E-state index in [-0.39, 0.29) is 6.71 Å². The van der Waals surface area contributed by atoms with Crippen LogP contribution in [0, 0.1) is 0 Å². The second kappa shape index (κ2) is 6.98. The van der Waals surface area contributed by atoms with Crippen LogP contribution in [0.15, 0.2) is 126 Å². The Morgan fingerprint density at radius 2 is 1.49 bits per heavy atom. The van der Waals surface area contributed by atoms with Gasteiger partial charge < -0.3 is 4.90 Å². The minimum absolute atomic E-state index is 0.276. The lowest BCUT2D eigenvalue weighted by Gasteiger charge is -2.37. The maximum Gasteiger partial charge on any atom is 0.248 e. The third-order valence-electron chi connectivity index (χ3n) is 9.44. The Morgan fingerprint density at radius 3 is 2.46 bits per heavy atom. The van der Waals surface area contributed by atoms with Crippen molar-refractivity contribution in [2.24, 2.45) is 0 Å². The van der Waals surface area contributed by atoms with Crippen molar-refractivity contribution in [1.82, 2.24) is 0 Å². The fourth-order valence-electron chi connectivity index (χ4n) is 7.97. The summed E-state index contributed by atoms with van der Waals surface area (Å²) in [5.74, 6) is 0.351. The van der Waals surface area contributed by atoms with E-state index in [4.69, 9.17) is 0 Å². The van der Waals surface area contributed by atoms with Crippen molar-refractivity contribution >= 4 is 63.1 Å². The SMILES string of the molecule is C1=CC2=Cc3cc(N4c5ccccc5B5c6ccccc6-c6cccc4c65)cc4ccc5c(c34)C2C(=C1)C=C5. The number of anilines is 3. The summed E-state index contributed by atoms with van der Waals surface area (Å²) < 4.78 is 0. The highest BCUT2D eigenvalue weighted by molar-refractivity contribution is 7.01. The van der Waals surface area contributed by atoms with Gasteiger partial charge in [0.1, 0.15) is 0 Å². The first-order chi connectivity index (χ1) is 19.3. The van der Waals surface area contributed by atoms with E-state index in [2.05, 4.69) is 132 Å². The molecule has 1 unspecified atom stereocenters. The normalized spacial score (nSPS) is 18.0. The molecule has 5 aliphatic rings. The average Bonchev–Trinajstić information content (AvgIpc) is 3.33. The van der Waals surface area contributed by atoms with E-state index in [1.165, 1.54) is 83.2 Å². The zero-order chi connectivity index (χ0) is 25.2. The molecule has 0 amide bonds. The number of rotatable bonds is 1. The number of hydrogen-bond acceptors (Lipinski definition) is 1. The van der Waals surface area contributed by atoms with E-state index in [0.29, 0.717) is 5.92 Å². The van der Waals surface area contributed by atoms with Gasteiger partial charge in [-0.15, -0.1) is 0 Å². The topological polar surface area (TPSA) is 3.24 Å². The first-order valence-corrected chi connectivity index (χ1v) is 13.8. The molecule has 178 valence electrons. The van der Waals surface area contributed by atoms with E-state index in [1.807, 2.05) is 0 Å². The molecule has 5 aromatic rings. The summed E-state index contributed by atoms with van der Waals surface area (Å²) >= 11 is 0. The Labute approximate surface area is 227 Å². The van der Waals surface area contributed by atoms with Crippen LogP contribution in [0.2, 0.25) is 0 Å². The molecule has 0 bridgehead atoms. The molecule has 0 radical (unpaired) electrons. The molecule has 0 aromatic heterocycles. The number of fused-ring (bicyclic) bond motifs is 5. The van der Waals surface area contributed by atoms with Crippen LogP contribution in [0.1, 0.15) is 22.6 Å². The lowest BCUT2D eigenvalue weighted by molar-refractivity contribution is 0.966. The minimum Gasteiger partial charge on any atom is -0.311 e. The minimum atomic E-state index is 0.276. The van der Waals surface area contributed by atoms with Crippen LogP contribution in [-0.4, -0.2) is 6.71 Å². The maximum atomic E-state index is 2.51. The van der Waals surface area contributed by atoms with Crippen molar-refractivity contribution < 1.29 is 0 Å². The van der Waals surface area contributed by atoms with Gasteiger partial charge in [0.05, 0.1) is 0 Å². The number of allylic oxidation sites excluding steroid dienone is 6. The molecule has 2 aliphatic heterocycles. The monoisotopic (exact) mass is 491 g/mol. The Hall–Kier alpha value is -4.82. The lowest BCUT2D eigenvalue weighted by atomic mass is 9.37. The molecule has 2 heteroatoms. The van der Waals surface area contributed by atoms with Gasteiger partial charge in [0.15, 0.2) is 0 Å². The molecule has 5 aromatic carbocycles. The van der Waals surface area contributed by atoms with Gasteiger partial charge in [-0.1, -0.05) is 109 Å². The van der Waals surface area contributed by atoms with Crippen LogP contribution in [0.25, 0.3) is 34.1 Å². The molecule has 1 nitrogen and oxygen atoms in total. The van der Waals surface area contributed by atoms with Crippen LogP contribution in [0.4, 0.5) is 17.1 Å². The van der Waals surface area contributed by atoms with Crippen molar-refractivity contribution in [1.29, 1.82) is 0 Å². The van der Waals surface area contributed by atoms with E-state index >= 15 is 0 Å². The summed E-state index contributed by atoms with van der Waals surface area (Å²) in [6, 6.07) is 34.3. The summed E-state index contributed by atoms with van der Waals surface area (Å²) in [6.45, 7) is 0.276. The molecule has 0 saturated heterocycles. The van der Waals surface area contributed by atoms with E-state index in [9.17, 15) is 0 Å². The molecule has 2 heterocycles. The van der Waals surface area contributed by atoms with Gasteiger partial charge in [-0.25, -0.2) is 0 Å². The molecular weight excluding hydrogens is 469 g/mol. The van der Waals surface area contributed by atoms with Crippen molar-refractivity contribution in [3.63, 3.8) is 0 Å². The predicted molar refractivity (Wildman–Crippen MR) is 166 cm³/mol. The van der Waals surface area contributed by atoms with Gasteiger partial charge in [-0.2, -0.15) is 0 Å². The number of nitrogens with zero attached hydrogens (tertiary/aromatic N) is 1. The van der Waals surface area contributed by atoms with Crippen LogP contribution < -0.4 is 21.3 Å². The van der Waals surface area contributed by atoms with Gasteiger partial charge in [0.25, 0.3) is 0 Å². The number of hydrogen-bond donors (Lipinski definition) is 0. The fraction of sp³-hybridized carbons (Fsp3) is 0.0270. The van der Waals surface area contributed by atoms with Crippen LogP contribution in [0.5, 0.6) is 0 Å². The predicted octanol–water partition coefficient (Wildman–Crippen LogP) is 7.12. The summed E-state index contributed by atoms with van der Waals surface area (Å²) in [5, 5.41) is 2.72. The quantitative estimate of drug-likeness (QED) is 0.221. The van der Waals surface area contributed by atoms with E-state index in [1.54, 1.807) is 0 Å². The molecule has 1 atom stereocenters. The first-order valence-electron chi connectivity index (χ1n) is 13.8. The number of para-hydroxylation sites is 1. The lowest BCUT2D eigenvalue weighted by Crippen LogP contribution is -2.54. The summed E-state index contributed by atoms with van der Waals surface area (Å²) in [5.41, 5.74) is 17.7. The summed E-state index contributed by atoms with van der Waals surface area (Å²) in [7, 11) is 0. The standard InChI is InChI=1S/C37H22BN/c1-2-11-30-28(9-1)29-10-6-14-33-37(29)38(30)31-12-3-4-13-32(31)39(33)27-20-25-18-17-23-16-15-22-7-5-8-24-19-26(21-27)35(25)36(23)34(22)24/h1-21,34H.